The second-order valence-corrected chi connectivity index (χ2v) is 7.63. The number of rotatable bonds is 4. The second-order valence-electron chi connectivity index (χ2n) is 7.63. The van der Waals surface area contributed by atoms with Gasteiger partial charge in [-0.05, 0) is 24.2 Å². The van der Waals surface area contributed by atoms with Crippen LogP contribution in [0.25, 0.3) is 0 Å². The van der Waals surface area contributed by atoms with Gasteiger partial charge in [-0.2, -0.15) is 0 Å². The van der Waals surface area contributed by atoms with Crippen LogP contribution in [0.15, 0.2) is 0 Å². The molecule has 0 amide bonds. The molecule has 2 aliphatic rings. The minimum absolute atomic E-state index is 0.000974. The van der Waals surface area contributed by atoms with E-state index in [1.54, 1.807) is 0 Å². The molecule has 19 heavy (non-hydrogen) atoms. The maximum atomic E-state index is 10.2. The molecule has 1 saturated carbocycles. The average Bonchev–Trinajstić information content (AvgIpc) is 2.83. The first kappa shape index (κ1) is 15.3. The first-order valence-corrected chi connectivity index (χ1v) is 8.08. The van der Waals surface area contributed by atoms with E-state index in [-0.39, 0.29) is 11.5 Å². The predicted octanol–water partition coefficient (Wildman–Crippen LogP) is 2.20. The zero-order valence-electron chi connectivity index (χ0n) is 13.1. The maximum absolute atomic E-state index is 10.2. The van der Waals surface area contributed by atoms with Gasteiger partial charge in [-0.25, -0.2) is 0 Å². The molecule has 0 bridgehead atoms. The van der Waals surface area contributed by atoms with Crippen molar-refractivity contribution in [2.75, 3.05) is 39.3 Å². The summed E-state index contributed by atoms with van der Waals surface area (Å²) in [5.41, 5.74) is 0.000974. The molecule has 1 aliphatic carbocycles. The molecule has 0 spiro atoms. The molecule has 1 N–H and O–H groups in total. The highest BCUT2D eigenvalue weighted by atomic mass is 16.3. The Kier molecular flexibility index (Phi) is 5.27. The molecule has 3 heteroatoms. The van der Waals surface area contributed by atoms with Crippen LogP contribution in [-0.2, 0) is 0 Å². The van der Waals surface area contributed by atoms with Crippen molar-refractivity contribution in [1.82, 2.24) is 9.80 Å². The lowest BCUT2D eigenvalue weighted by Crippen LogP contribution is -2.50. The molecule has 0 aromatic rings. The van der Waals surface area contributed by atoms with Crippen LogP contribution < -0.4 is 0 Å². The Morgan fingerprint density at radius 2 is 1.53 bits per heavy atom. The van der Waals surface area contributed by atoms with E-state index in [1.165, 1.54) is 45.3 Å². The normalized spacial score (nSPS) is 25.9. The number of hydrogen-bond acceptors (Lipinski definition) is 3. The van der Waals surface area contributed by atoms with E-state index >= 15 is 0 Å². The highest BCUT2D eigenvalue weighted by molar-refractivity contribution is 4.81. The lowest BCUT2D eigenvalue weighted by Gasteiger charge is -2.38. The van der Waals surface area contributed by atoms with Gasteiger partial charge in [0.2, 0.25) is 0 Å². The first-order valence-electron chi connectivity index (χ1n) is 8.08. The molecular weight excluding hydrogens is 236 g/mol. The van der Waals surface area contributed by atoms with Gasteiger partial charge in [0.05, 0.1) is 6.10 Å². The summed E-state index contributed by atoms with van der Waals surface area (Å²) in [5.74, 6) is 0.965. The zero-order valence-corrected chi connectivity index (χ0v) is 13.1. The fourth-order valence-electron chi connectivity index (χ4n) is 3.23. The zero-order chi connectivity index (χ0) is 13.9. The number of aliphatic hydroxyl groups is 1. The van der Waals surface area contributed by atoms with Gasteiger partial charge in [-0.15, -0.1) is 0 Å². The second kappa shape index (κ2) is 6.55. The number of hydrogen-bond donors (Lipinski definition) is 1. The van der Waals surface area contributed by atoms with Gasteiger partial charge in [0.15, 0.2) is 0 Å². The molecule has 0 unspecified atom stereocenters. The Morgan fingerprint density at radius 1 is 1.00 bits per heavy atom. The fourth-order valence-corrected chi connectivity index (χ4v) is 3.23. The molecule has 112 valence electrons. The Bertz CT molecular complexity index is 260. The van der Waals surface area contributed by atoms with Gasteiger partial charge in [-0.3, -0.25) is 4.90 Å². The fraction of sp³-hybridized carbons (Fsp3) is 1.00. The van der Waals surface area contributed by atoms with Crippen LogP contribution in [0.3, 0.4) is 0 Å². The number of β-amino-alcohol motifs (C(OH)–C–C–N with tert-alkyl or cyclic N) is 1. The summed E-state index contributed by atoms with van der Waals surface area (Å²) in [7, 11) is 0. The van der Waals surface area contributed by atoms with E-state index in [4.69, 9.17) is 0 Å². The van der Waals surface area contributed by atoms with Crippen LogP contribution in [0.2, 0.25) is 0 Å². The van der Waals surface area contributed by atoms with Gasteiger partial charge >= 0.3 is 0 Å². The van der Waals surface area contributed by atoms with Crippen molar-refractivity contribution in [3.8, 4) is 0 Å². The summed E-state index contributed by atoms with van der Waals surface area (Å²) >= 11 is 0. The van der Waals surface area contributed by atoms with Gasteiger partial charge in [-0.1, -0.05) is 33.6 Å². The summed E-state index contributed by atoms with van der Waals surface area (Å²) in [6, 6.07) is 0. The van der Waals surface area contributed by atoms with Gasteiger partial charge < -0.3 is 10.0 Å². The van der Waals surface area contributed by atoms with E-state index in [0.717, 1.165) is 25.6 Å². The number of nitrogens with zero attached hydrogens (tertiary/aromatic N) is 2. The predicted molar refractivity (Wildman–Crippen MR) is 80.3 cm³/mol. The molecule has 0 aromatic carbocycles. The van der Waals surface area contributed by atoms with Crippen LogP contribution in [0.5, 0.6) is 0 Å². The standard InChI is InChI=1S/C16H32N2O/c1-16(2,3)15(19)13-18-10-8-17(9-11-18)12-14-6-4-5-7-14/h14-15,19H,4-13H2,1-3H3/t15-/m0/s1. The summed E-state index contributed by atoms with van der Waals surface area (Å²) in [6.45, 7) is 13.1. The van der Waals surface area contributed by atoms with E-state index in [9.17, 15) is 5.11 Å². The van der Waals surface area contributed by atoms with Crippen LogP contribution in [0.1, 0.15) is 46.5 Å². The summed E-state index contributed by atoms with van der Waals surface area (Å²) in [4.78, 5) is 5.07. The Morgan fingerprint density at radius 3 is 2.05 bits per heavy atom. The van der Waals surface area contributed by atoms with Crippen molar-refractivity contribution in [1.29, 1.82) is 0 Å². The van der Waals surface area contributed by atoms with Crippen LogP contribution in [-0.4, -0.2) is 60.3 Å². The van der Waals surface area contributed by atoms with E-state index in [2.05, 4.69) is 30.6 Å². The first-order chi connectivity index (χ1) is 8.95. The topological polar surface area (TPSA) is 26.7 Å². The third-order valence-electron chi connectivity index (χ3n) is 4.89. The van der Waals surface area contributed by atoms with Crippen LogP contribution in [0, 0.1) is 11.3 Å². The summed E-state index contributed by atoms with van der Waals surface area (Å²) < 4.78 is 0. The molecule has 3 nitrogen and oxygen atoms in total. The smallest absolute Gasteiger partial charge is 0.0715 e. The van der Waals surface area contributed by atoms with Crippen molar-refractivity contribution in [3.63, 3.8) is 0 Å². The molecule has 1 saturated heterocycles. The molecular formula is C16H32N2O. The molecule has 0 radical (unpaired) electrons. The lowest BCUT2D eigenvalue weighted by molar-refractivity contribution is 0.0119. The summed E-state index contributed by atoms with van der Waals surface area (Å²) in [5, 5.41) is 10.2. The quantitative estimate of drug-likeness (QED) is 0.847. The highest BCUT2D eigenvalue weighted by Crippen LogP contribution is 2.26. The largest absolute Gasteiger partial charge is 0.391 e. The van der Waals surface area contributed by atoms with Crippen molar-refractivity contribution in [2.45, 2.75) is 52.6 Å². The summed E-state index contributed by atoms with van der Waals surface area (Å²) in [6.07, 6.45) is 5.57. The molecule has 1 heterocycles. The SMILES string of the molecule is CC(C)(C)[C@@H](O)CN1CCN(CC2CCCC2)CC1. The van der Waals surface area contributed by atoms with Crippen molar-refractivity contribution < 1.29 is 5.11 Å². The highest BCUT2D eigenvalue weighted by Gasteiger charge is 2.27. The average molecular weight is 268 g/mol. The third kappa shape index (κ3) is 4.73. The van der Waals surface area contributed by atoms with Crippen molar-refractivity contribution in [3.05, 3.63) is 0 Å². The maximum Gasteiger partial charge on any atom is 0.0715 e. The van der Waals surface area contributed by atoms with Crippen LogP contribution in [0.4, 0.5) is 0 Å². The van der Waals surface area contributed by atoms with Crippen LogP contribution >= 0.6 is 0 Å². The Labute approximate surface area is 119 Å². The minimum atomic E-state index is -0.214. The van der Waals surface area contributed by atoms with Crippen molar-refractivity contribution in [2.24, 2.45) is 11.3 Å². The van der Waals surface area contributed by atoms with Gasteiger partial charge in [0.1, 0.15) is 0 Å². The van der Waals surface area contributed by atoms with E-state index in [1.807, 2.05) is 0 Å². The van der Waals surface area contributed by atoms with E-state index < -0.39 is 0 Å². The van der Waals surface area contributed by atoms with Gasteiger partial charge in [0, 0.05) is 39.3 Å². The molecule has 2 rings (SSSR count). The lowest BCUT2D eigenvalue weighted by atomic mass is 9.89. The molecule has 1 aliphatic heterocycles. The molecule has 1 atom stereocenters. The Hall–Kier alpha value is -0.120. The molecule has 0 aromatic heterocycles. The third-order valence-corrected chi connectivity index (χ3v) is 4.89. The number of piperazine rings is 1. The van der Waals surface area contributed by atoms with Gasteiger partial charge in [0.25, 0.3) is 0 Å². The molecule has 2 fully saturated rings. The monoisotopic (exact) mass is 268 g/mol. The van der Waals surface area contributed by atoms with Crippen molar-refractivity contribution >= 4 is 0 Å². The minimum Gasteiger partial charge on any atom is -0.391 e. The van der Waals surface area contributed by atoms with E-state index in [0.29, 0.717) is 0 Å². The number of aliphatic hydroxyl groups excluding tert-OH is 1. The Balaban J connectivity index is 1.67.